The fourth-order valence-corrected chi connectivity index (χ4v) is 3.66. The van der Waals surface area contributed by atoms with Gasteiger partial charge in [0, 0.05) is 0 Å². The summed E-state index contributed by atoms with van der Waals surface area (Å²) >= 11 is 0. The van der Waals surface area contributed by atoms with Crippen LogP contribution in [0.2, 0.25) is 0 Å². The van der Waals surface area contributed by atoms with E-state index in [1.807, 2.05) is 72.8 Å². The zero-order valence-corrected chi connectivity index (χ0v) is 16.9. The van der Waals surface area contributed by atoms with Crippen molar-refractivity contribution in [1.82, 2.24) is 5.32 Å². The molecule has 1 aliphatic carbocycles. The Balaban J connectivity index is 1.43. The molecule has 0 fully saturated rings. The molecule has 3 aromatic rings. The Morgan fingerprint density at radius 1 is 0.933 bits per heavy atom. The van der Waals surface area contributed by atoms with Gasteiger partial charge in [-0.2, -0.15) is 0 Å². The summed E-state index contributed by atoms with van der Waals surface area (Å²) in [4.78, 5) is 12.0. The maximum Gasteiger partial charge on any atom is 0.407 e. The lowest BCUT2D eigenvalue weighted by molar-refractivity contribution is 0.126. The second-order valence-electron chi connectivity index (χ2n) is 7.16. The van der Waals surface area contributed by atoms with E-state index in [1.165, 1.54) is 5.56 Å². The minimum absolute atomic E-state index is 0.185. The van der Waals surface area contributed by atoms with E-state index in [9.17, 15) is 4.79 Å². The van der Waals surface area contributed by atoms with Crippen LogP contribution >= 0.6 is 0 Å². The van der Waals surface area contributed by atoms with Crippen molar-refractivity contribution in [3.05, 3.63) is 95.6 Å². The number of ether oxygens (including phenoxy) is 3. The van der Waals surface area contributed by atoms with Crippen LogP contribution in [0.3, 0.4) is 0 Å². The molecule has 5 heteroatoms. The molecule has 0 saturated heterocycles. The number of alkyl carbamates (subject to hydrolysis) is 1. The third-order valence-corrected chi connectivity index (χ3v) is 5.08. The summed E-state index contributed by atoms with van der Waals surface area (Å²) in [6.45, 7) is 2.64. The van der Waals surface area contributed by atoms with Crippen molar-refractivity contribution in [2.24, 2.45) is 0 Å². The second-order valence-corrected chi connectivity index (χ2v) is 7.16. The summed E-state index contributed by atoms with van der Waals surface area (Å²) in [7, 11) is 0. The molecule has 0 saturated carbocycles. The van der Waals surface area contributed by atoms with Crippen molar-refractivity contribution in [3.63, 3.8) is 0 Å². The number of rotatable bonds is 7. The average Bonchev–Trinajstić information content (AvgIpc) is 3.11. The van der Waals surface area contributed by atoms with E-state index in [0.717, 1.165) is 22.6 Å². The molecule has 0 bridgehead atoms. The smallest absolute Gasteiger partial charge is 0.407 e. The first kappa shape index (κ1) is 19.8. The van der Waals surface area contributed by atoms with Crippen LogP contribution < -0.4 is 14.8 Å². The normalized spacial score (nSPS) is 17.1. The largest absolute Gasteiger partial charge is 0.489 e. The topological polar surface area (TPSA) is 56.8 Å². The third kappa shape index (κ3) is 4.74. The first-order valence-electron chi connectivity index (χ1n) is 10.2. The Morgan fingerprint density at radius 2 is 1.63 bits per heavy atom. The van der Waals surface area contributed by atoms with Gasteiger partial charge in [0.25, 0.3) is 0 Å². The molecule has 1 aliphatic rings. The van der Waals surface area contributed by atoms with E-state index >= 15 is 0 Å². The van der Waals surface area contributed by atoms with Crippen molar-refractivity contribution in [1.29, 1.82) is 0 Å². The van der Waals surface area contributed by atoms with E-state index in [0.29, 0.717) is 19.6 Å². The average molecular weight is 403 g/mol. The molecule has 0 spiro atoms. The number of benzene rings is 3. The minimum Gasteiger partial charge on any atom is -0.489 e. The van der Waals surface area contributed by atoms with E-state index in [1.54, 1.807) is 6.92 Å². The SMILES string of the molecule is CCOC(=O)N[C@@H]1Cc2ccccc2[C@H]1Oc1ccc(OCc2ccccc2)cc1. The molecule has 5 nitrogen and oxygen atoms in total. The number of nitrogens with one attached hydrogen (secondary N) is 1. The van der Waals surface area contributed by atoms with Crippen LogP contribution in [-0.2, 0) is 17.8 Å². The van der Waals surface area contributed by atoms with Crippen molar-refractivity contribution in [3.8, 4) is 11.5 Å². The predicted molar refractivity (Wildman–Crippen MR) is 115 cm³/mol. The van der Waals surface area contributed by atoms with Gasteiger partial charge in [-0.15, -0.1) is 0 Å². The van der Waals surface area contributed by atoms with E-state index < -0.39 is 6.09 Å². The molecule has 2 atom stereocenters. The molecule has 0 unspecified atom stereocenters. The van der Waals surface area contributed by atoms with E-state index in [-0.39, 0.29) is 12.1 Å². The van der Waals surface area contributed by atoms with Crippen LogP contribution in [0, 0.1) is 0 Å². The standard InChI is InChI=1S/C25H25NO4/c1-2-28-25(27)26-23-16-19-10-6-7-11-22(19)24(23)30-21-14-12-20(13-15-21)29-17-18-8-4-3-5-9-18/h3-15,23-24H,2,16-17H2,1H3,(H,26,27)/t23-,24-/m1/s1. The number of carbonyl (C=O) groups excluding carboxylic acids is 1. The zero-order valence-electron chi connectivity index (χ0n) is 16.9. The molecule has 0 aromatic heterocycles. The molecule has 3 aromatic carbocycles. The summed E-state index contributed by atoms with van der Waals surface area (Å²) in [5, 5.41) is 2.94. The maximum atomic E-state index is 12.0. The van der Waals surface area contributed by atoms with Gasteiger partial charge in [-0.05, 0) is 54.3 Å². The Morgan fingerprint density at radius 3 is 2.40 bits per heavy atom. The summed E-state index contributed by atoms with van der Waals surface area (Å²) in [6.07, 6.45) is 0.00744. The quantitative estimate of drug-likeness (QED) is 0.599. The van der Waals surface area contributed by atoms with Crippen LogP contribution in [-0.4, -0.2) is 18.7 Å². The van der Waals surface area contributed by atoms with Crippen LogP contribution in [0.25, 0.3) is 0 Å². The molecule has 1 amide bonds. The van der Waals surface area contributed by atoms with Gasteiger partial charge in [0.2, 0.25) is 0 Å². The first-order valence-corrected chi connectivity index (χ1v) is 10.2. The van der Waals surface area contributed by atoms with Crippen molar-refractivity contribution >= 4 is 6.09 Å². The number of hydrogen-bond donors (Lipinski definition) is 1. The van der Waals surface area contributed by atoms with Crippen molar-refractivity contribution in [2.75, 3.05) is 6.61 Å². The zero-order chi connectivity index (χ0) is 20.8. The lowest BCUT2D eigenvalue weighted by Crippen LogP contribution is -2.39. The summed E-state index contributed by atoms with van der Waals surface area (Å²) in [5.74, 6) is 1.50. The molecule has 0 aliphatic heterocycles. The van der Waals surface area contributed by atoms with Crippen molar-refractivity contribution in [2.45, 2.75) is 32.1 Å². The van der Waals surface area contributed by atoms with Gasteiger partial charge in [0.15, 0.2) is 0 Å². The van der Waals surface area contributed by atoms with Gasteiger partial charge < -0.3 is 19.5 Å². The molecule has 4 rings (SSSR count). The molecule has 0 radical (unpaired) electrons. The number of fused-ring (bicyclic) bond motifs is 1. The predicted octanol–water partition coefficient (Wildman–Crippen LogP) is 5.06. The highest BCUT2D eigenvalue weighted by atomic mass is 16.5. The fourth-order valence-electron chi connectivity index (χ4n) is 3.66. The minimum atomic E-state index is -0.423. The highest BCUT2D eigenvalue weighted by Gasteiger charge is 2.35. The van der Waals surface area contributed by atoms with Crippen LogP contribution in [0.15, 0.2) is 78.9 Å². The second kappa shape index (κ2) is 9.35. The Labute approximate surface area is 176 Å². The van der Waals surface area contributed by atoms with Crippen LogP contribution in [0.5, 0.6) is 11.5 Å². The monoisotopic (exact) mass is 403 g/mol. The summed E-state index contributed by atoms with van der Waals surface area (Å²) in [6, 6.07) is 25.5. The van der Waals surface area contributed by atoms with E-state index in [2.05, 4.69) is 11.4 Å². The molecule has 30 heavy (non-hydrogen) atoms. The van der Waals surface area contributed by atoms with Crippen LogP contribution in [0.1, 0.15) is 29.7 Å². The van der Waals surface area contributed by atoms with Crippen LogP contribution in [0.4, 0.5) is 4.79 Å². The van der Waals surface area contributed by atoms with Crippen molar-refractivity contribution < 1.29 is 19.0 Å². The lowest BCUT2D eigenvalue weighted by atomic mass is 10.1. The van der Waals surface area contributed by atoms with Gasteiger partial charge in [-0.3, -0.25) is 0 Å². The summed E-state index contributed by atoms with van der Waals surface area (Å²) < 4.78 is 17.2. The molecular weight excluding hydrogens is 378 g/mol. The number of amides is 1. The van der Waals surface area contributed by atoms with Gasteiger partial charge in [0.05, 0.1) is 12.6 Å². The molecular formula is C25H25NO4. The van der Waals surface area contributed by atoms with Gasteiger partial charge in [0.1, 0.15) is 24.2 Å². The number of carbonyl (C=O) groups is 1. The van der Waals surface area contributed by atoms with Gasteiger partial charge in [-0.1, -0.05) is 54.6 Å². The highest BCUT2D eigenvalue weighted by Crippen LogP contribution is 2.35. The molecule has 0 heterocycles. The van der Waals surface area contributed by atoms with E-state index in [4.69, 9.17) is 14.2 Å². The van der Waals surface area contributed by atoms with Gasteiger partial charge >= 0.3 is 6.09 Å². The van der Waals surface area contributed by atoms with Gasteiger partial charge in [-0.25, -0.2) is 4.79 Å². The number of hydrogen-bond acceptors (Lipinski definition) is 4. The Kier molecular flexibility index (Phi) is 6.18. The maximum absolute atomic E-state index is 12.0. The highest BCUT2D eigenvalue weighted by molar-refractivity contribution is 5.68. The first-order chi connectivity index (χ1) is 14.7. The third-order valence-electron chi connectivity index (χ3n) is 5.08. The Hall–Kier alpha value is -3.47. The fraction of sp³-hybridized carbons (Fsp3) is 0.240. The lowest BCUT2D eigenvalue weighted by Gasteiger charge is -2.23. The summed E-state index contributed by atoms with van der Waals surface area (Å²) in [5.41, 5.74) is 3.38. The molecule has 154 valence electrons. The molecule has 1 N–H and O–H groups in total. The Bertz CT molecular complexity index is 972.